The van der Waals surface area contributed by atoms with Crippen molar-refractivity contribution >= 4 is 17.9 Å². The summed E-state index contributed by atoms with van der Waals surface area (Å²) in [7, 11) is 0. The topological polar surface area (TPSA) is 79.1 Å². The number of aliphatic hydroxyl groups is 2. The van der Waals surface area contributed by atoms with E-state index in [9.17, 15) is 23.1 Å². The molecule has 0 saturated heterocycles. The predicted molar refractivity (Wildman–Crippen MR) is 72.9 cm³/mol. The van der Waals surface area contributed by atoms with Crippen LogP contribution in [0.2, 0.25) is 0 Å². The average Bonchev–Trinajstić information content (AvgIpc) is 2.47. The van der Waals surface area contributed by atoms with Gasteiger partial charge in [-0.05, 0) is 13.0 Å². The standard InChI is InChI=1S/C14H14F3NO4/c1-2-22-14(21)10(7-18-3-4-19)13(20)9-5-8(15)6-11(16)12(9)17/h5-7,19-20H,2-4H2,1H3. The number of ether oxygens (including phenoxy) is 1. The maximum Gasteiger partial charge on any atom is 0.343 e. The number of benzene rings is 1. The third kappa shape index (κ3) is 4.32. The van der Waals surface area contributed by atoms with Crippen molar-refractivity contribution < 1.29 is 32.9 Å². The maximum atomic E-state index is 13.7. The first-order valence-corrected chi connectivity index (χ1v) is 6.28. The van der Waals surface area contributed by atoms with E-state index >= 15 is 0 Å². The summed E-state index contributed by atoms with van der Waals surface area (Å²) in [6.45, 7) is 1.05. The third-order valence-corrected chi connectivity index (χ3v) is 2.45. The van der Waals surface area contributed by atoms with Gasteiger partial charge < -0.3 is 14.9 Å². The first-order valence-electron chi connectivity index (χ1n) is 6.28. The first kappa shape index (κ1) is 17.7. The Morgan fingerprint density at radius 2 is 2.05 bits per heavy atom. The van der Waals surface area contributed by atoms with Crippen molar-refractivity contribution in [2.75, 3.05) is 19.8 Å². The van der Waals surface area contributed by atoms with Gasteiger partial charge in [-0.15, -0.1) is 0 Å². The normalized spacial score (nSPS) is 12.4. The van der Waals surface area contributed by atoms with Crippen molar-refractivity contribution in [3.05, 3.63) is 40.7 Å². The lowest BCUT2D eigenvalue weighted by Crippen LogP contribution is -2.12. The molecule has 0 aliphatic heterocycles. The Labute approximate surface area is 124 Å². The van der Waals surface area contributed by atoms with E-state index in [-0.39, 0.29) is 19.8 Å². The number of rotatable bonds is 6. The van der Waals surface area contributed by atoms with Gasteiger partial charge in [0.15, 0.2) is 11.6 Å². The predicted octanol–water partition coefficient (Wildman–Crippen LogP) is 2.00. The smallest absolute Gasteiger partial charge is 0.343 e. The van der Waals surface area contributed by atoms with Crippen LogP contribution in [0.15, 0.2) is 22.7 Å². The SMILES string of the molecule is CCOC(=O)C(C=NCCO)=C(O)c1cc(F)cc(F)c1F. The van der Waals surface area contributed by atoms with Crippen LogP contribution in [0.1, 0.15) is 12.5 Å². The summed E-state index contributed by atoms with van der Waals surface area (Å²) in [4.78, 5) is 15.3. The van der Waals surface area contributed by atoms with Crippen LogP contribution in [0.4, 0.5) is 13.2 Å². The molecule has 0 amide bonds. The molecule has 0 aromatic heterocycles. The van der Waals surface area contributed by atoms with Gasteiger partial charge in [-0.25, -0.2) is 18.0 Å². The molecule has 0 heterocycles. The molecule has 0 aliphatic carbocycles. The first-order chi connectivity index (χ1) is 10.4. The van der Waals surface area contributed by atoms with E-state index in [2.05, 4.69) is 9.73 Å². The molecule has 0 unspecified atom stereocenters. The highest BCUT2D eigenvalue weighted by molar-refractivity contribution is 6.15. The fraction of sp³-hybridized carbons (Fsp3) is 0.286. The second-order valence-corrected chi connectivity index (χ2v) is 3.99. The van der Waals surface area contributed by atoms with Crippen molar-refractivity contribution in [1.29, 1.82) is 0 Å². The van der Waals surface area contributed by atoms with Crippen molar-refractivity contribution in [3.63, 3.8) is 0 Å². The van der Waals surface area contributed by atoms with Crippen LogP contribution in [0.3, 0.4) is 0 Å². The minimum absolute atomic E-state index is 0.0382. The molecule has 0 saturated carbocycles. The van der Waals surface area contributed by atoms with Gasteiger partial charge in [0.2, 0.25) is 0 Å². The Bertz CT molecular complexity index is 614. The van der Waals surface area contributed by atoms with Crippen molar-refractivity contribution in [2.24, 2.45) is 4.99 Å². The van der Waals surface area contributed by atoms with E-state index in [1.54, 1.807) is 0 Å². The van der Waals surface area contributed by atoms with Crippen LogP contribution < -0.4 is 0 Å². The Hall–Kier alpha value is -2.35. The monoisotopic (exact) mass is 317 g/mol. The molecule has 2 N–H and O–H groups in total. The fourth-order valence-corrected chi connectivity index (χ4v) is 1.51. The molecule has 120 valence electrons. The largest absolute Gasteiger partial charge is 0.506 e. The average molecular weight is 317 g/mol. The van der Waals surface area contributed by atoms with Gasteiger partial charge in [0.05, 0.1) is 25.3 Å². The number of hydrogen-bond acceptors (Lipinski definition) is 5. The van der Waals surface area contributed by atoms with E-state index in [1.807, 2.05) is 0 Å². The zero-order chi connectivity index (χ0) is 16.7. The fourth-order valence-electron chi connectivity index (χ4n) is 1.51. The molecule has 0 aliphatic rings. The number of hydrogen-bond donors (Lipinski definition) is 2. The summed E-state index contributed by atoms with van der Waals surface area (Å²) in [5.74, 6) is -6.23. The van der Waals surface area contributed by atoms with Crippen molar-refractivity contribution in [1.82, 2.24) is 0 Å². The number of halogens is 3. The van der Waals surface area contributed by atoms with Gasteiger partial charge in [-0.1, -0.05) is 0 Å². The summed E-state index contributed by atoms with van der Waals surface area (Å²) in [5.41, 5.74) is -1.42. The van der Waals surface area contributed by atoms with Gasteiger partial charge in [-0.3, -0.25) is 4.99 Å². The van der Waals surface area contributed by atoms with E-state index < -0.39 is 40.3 Å². The number of aliphatic imine (C=N–C) groups is 1. The lowest BCUT2D eigenvalue weighted by atomic mass is 10.1. The summed E-state index contributed by atoms with van der Waals surface area (Å²) < 4.78 is 44.7. The highest BCUT2D eigenvalue weighted by Gasteiger charge is 2.21. The van der Waals surface area contributed by atoms with E-state index in [0.717, 1.165) is 6.21 Å². The summed E-state index contributed by atoms with van der Waals surface area (Å²) in [6.07, 6.45) is 0.839. The number of carbonyl (C=O) groups excluding carboxylic acids is 1. The van der Waals surface area contributed by atoms with E-state index in [0.29, 0.717) is 12.1 Å². The molecule has 0 atom stereocenters. The molecule has 5 nitrogen and oxygen atoms in total. The van der Waals surface area contributed by atoms with E-state index in [4.69, 9.17) is 5.11 Å². The zero-order valence-electron chi connectivity index (χ0n) is 11.6. The summed E-state index contributed by atoms with van der Waals surface area (Å²) >= 11 is 0. The summed E-state index contributed by atoms with van der Waals surface area (Å²) in [6, 6.07) is 0.836. The molecule has 1 aromatic rings. The molecule has 1 aromatic carbocycles. The molecule has 0 fully saturated rings. The second-order valence-electron chi connectivity index (χ2n) is 3.99. The zero-order valence-corrected chi connectivity index (χ0v) is 11.6. The van der Waals surface area contributed by atoms with Gasteiger partial charge in [-0.2, -0.15) is 0 Å². The van der Waals surface area contributed by atoms with Crippen LogP contribution in [0.5, 0.6) is 0 Å². The van der Waals surface area contributed by atoms with Crippen LogP contribution in [0, 0.1) is 17.5 Å². The minimum atomic E-state index is -1.52. The quantitative estimate of drug-likeness (QED) is 0.276. The van der Waals surface area contributed by atoms with Crippen LogP contribution in [-0.4, -0.2) is 42.2 Å². The lowest BCUT2D eigenvalue weighted by Gasteiger charge is -2.08. The lowest BCUT2D eigenvalue weighted by molar-refractivity contribution is -0.137. The Kier molecular flexibility index (Phi) is 6.58. The Morgan fingerprint density at radius 1 is 1.36 bits per heavy atom. The highest BCUT2D eigenvalue weighted by Crippen LogP contribution is 2.23. The Balaban J connectivity index is 3.41. The molecule has 8 heteroatoms. The number of esters is 1. The van der Waals surface area contributed by atoms with Gasteiger partial charge >= 0.3 is 5.97 Å². The van der Waals surface area contributed by atoms with Gasteiger partial charge in [0.1, 0.15) is 17.1 Å². The maximum absolute atomic E-state index is 13.7. The molecule has 0 bridgehead atoms. The van der Waals surface area contributed by atoms with Crippen molar-refractivity contribution in [2.45, 2.75) is 6.92 Å². The Morgan fingerprint density at radius 3 is 2.64 bits per heavy atom. The van der Waals surface area contributed by atoms with Gasteiger partial charge in [0.25, 0.3) is 0 Å². The minimum Gasteiger partial charge on any atom is -0.506 e. The molecule has 1 rings (SSSR count). The molecule has 22 heavy (non-hydrogen) atoms. The second kappa shape index (κ2) is 8.18. The highest BCUT2D eigenvalue weighted by atomic mass is 19.2. The molecular formula is C14H14F3NO4. The van der Waals surface area contributed by atoms with Crippen LogP contribution in [-0.2, 0) is 9.53 Å². The number of carbonyl (C=O) groups is 1. The van der Waals surface area contributed by atoms with Gasteiger partial charge in [0, 0.05) is 12.3 Å². The number of nitrogens with zero attached hydrogens (tertiary/aromatic N) is 1. The van der Waals surface area contributed by atoms with Crippen molar-refractivity contribution in [3.8, 4) is 0 Å². The molecule has 0 radical (unpaired) electrons. The van der Waals surface area contributed by atoms with Crippen LogP contribution >= 0.6 is 0 Å². The molecule has 0 spiro atoms. The van der Waals surface area contributed by atoms with Crippen LogP contribution in [0.25, 0.3) is 5.76 Å². The van der Waals surface area contributed by atoms with E-state index in [1.165, 1.54) is 6.92 Å². The number of aliphatic hydroxyl groups excluding tert-OH is 2. The summed E-state index contributed by atoms with van der Waals surface area (Å²) in [5, 5.41) is 18.6. The molecular weight excluding hydrogens is 303 g/mol. The third-order valence-electron chi connectivity index (χ3n) is 2.45.